The summed E-state index contributed by atoms with van der Waals surface area (Å²) < 4.78 is 0. The number of nitrogens with zero attached hydrogens (tertiary/aromatic N) is 3. The summed E-state index contributed by atoms with van der Waals surface area (Å²) in [6, 6.07) is 6.88. The summed E-state index contributed by atoms with van der Waals surface area (Å²) in [5.41, 5.74) is 1.76. The Morgan fingerprint density at radius 3 is 2.67 bits per heavy atom. The summed E-state index contributed by atoms with van der Waals surface area (Å²) in [6.45, 7) is 3.72. The molecule has 1 aliphatic rings. The summed E-state index contributed by atoms with van der Waals surface area (Å²) in [4.78, 5) is 21.9. The Kier molecular flexibility index (Phi) is 3.79. The SMILES string of the molecule is O=C(O)c1ccnc(-c2ccnc(N3CCNCC3)c2)c1. The van der Waals surface area contributed by atoms with E-state index in [9.17, 15) is 4.79 Å². The fraction of sp³-hybridized carbons (Fsp3) is 0.267. The number of aromatic carboxylic acids is 1. The second kappa shape index (κ2) is 5.88. The predicted molar refractivity (Wildman–Crippen MR) is 79.5 cm³/mol. The molecule has 21 heavy (non-hydrogen) atoms. The van der Waals surface area contributed by atoms with E-state index in [0.717, 1.165) is 37.6 Å². The molecule has 0 bridgehead atoms. The molecule has 108 valence electrons. The summed E-state index contributed by atoms with van der Waals surface area (Å²) in [5.74, 6) is -0.0495. The number of hydrogen-bond acceptors (Lipinski definition) is 5. The Morgan fingerprint density at radius 1 is 1.14 bits per heavy atom. The van der Waals surface area contributed by atoms with Gasteiger partial charge >= 0.3 is 5.97 Å². The van der Waals surface area contributed by atoms with Crippen LogP contribution in [0.1, 0.15) is 10.4 Å². The van der Waals surface area contributed by atoms with Gasteiger partial charge in [0.15, 0.2) is 0 Å². The molecular formula is C15H16N4O2. The van der Waals surface area contributed by atoms with Crippen molar-refractivity contribution in [2.24, 2.45) is 0 Å². The van der Waals surface area contributed by atoms with E-state index >= 15 is 0 Å². The Hall–Kier alpha value is -2.47. The van der Waals surface area contributed by atoms with E-state index in [1.165, 1.54) is 12.3 Å². The van der Waals surface area contributed by atoms with Gasteiger partial charge in [0.1, 0.15) is 5.82 Å². The lowest BCUT2D eigenvalue weighted by molar-refractivity contribution is 0.0697. The molecule has 1 aliphatic heterocycles. The minimum atomic E-state index is -0.949. The topological polar surface area (TPSA) is 78.3 Å². The van der Waals surface area contributed by atoms with Gasteiger partial charge in [0, 0.05) is 44.1 Å². The Morgan fingerprint density at radius 2 is 1.90 bits per heavy atom. The molecule has 0 spiro atoms. The van der Waals surface area contributed by atoms with Crippen molar-refractivity contribution in [2.45, 2.75) is 0 Å². The van der Waals surface area contributed by atoms with Crippen LogP contribution >= 0.6 is 0 Å². The fourth-order valence-corrected chi connectivity index (χ4v) is 2.37. The Balaban J connectivity index is 1.92. The lowest BCUT2D eigenvalue weighted by atomic mass is 10.1. The summed E-state index contributed by atoms with van der Waals surface area (Å²) in [7, 11) is 0. The molecule has 0 saturated carbocycles. The van der Waals surface area contributed by atoms with Gasteiger partial charge in [0.2, 0.25) is 0 Å². The number of nitrogens with one attached hydrogen (secondary N) is 1. The number of rotatable bonds is 3. The Labute approximate surface area is 122 Å². The zero-order valence-corrected chi connectivity index (χ0v) is 11.5. The highest BCUT2D eigenvalue weighted by Crippen LogP contribution is 2.22. The van der Waals surface area contributed by atoms with E-state index in [1.54, 1.807) is 12.3 Å². The van der Waals surface area contributed by atoms with Gasteiger partial charge in [-0.1, -0.05) is 0 Å². The number of pyridine rings is 2. The average Bonchev–Trinajstić information content (AvgIpc) is 2.56. The first-order valence-electron chi connectivity index (χ1n) is 6.85. The molecule has 0 amide bonds. The number of anilines is 1. The van der Waals surface area contributed by atoms with Crippen LogP contribution in [0.3, 0.4) is 0 Å². The molecule has 0 aromatic carbocycles. The van der Waals surface area contributed by atoms with E-state index < -0.39 is 5.97 Å². The molecule has 0 unspecified atom stereocenters. The molecule has 3 rings (SSSR count). The van der Waals surface area contributed by atoms with E-state index in [1.807, 2.05) is 12.1 Å². The summed E-state index contributed by atoms with van der Waals surface area (Å²) in [5, 5.41) is 12.4. The van der Waals surface area contributed by atoms with Crippen LogP contribution in [-0.4, -0.2) is 47.2 Å². The first-order valence-corrected chi connectivity index (χ1v) is 6.85. The second-order valence-corrected chi connectivity index (χ2v) is 4.87. The number of carbonyl (C=O) groups is 1. The van der Waals surface area contributed by atoms with Crippen molar-refractivity contribution < 1.29 is 9.90 Å². The normalized spacial score (nSPS) is 15.0. The molecule has 2 aromatic rings. The van der Waals surface area contributed by atoms with Gasteiger partial charge in [-0.15, -0.1) is 0 Å². The predicted octanol–water partition coefficient (Wildman–Crippen LogP) is 1.25. The lowest BCUT2D eigenvalue weighted by Crippen LogP contribution is -2.43. The van der Waals surface area contributed by atoms with Gasteiger partial charge in [-0.3, -0.25) is 4.98 Å². The van der Waals surface area contributed by atoms with Crippen LogP contribution < -0.4 is 10.2 Å². The number of carboxylic acid groups (broad SMARTS) is 1. The highest BCUT2D eigenvalue weighted by atomic mass is 16.4. The maximum atomic E-state index is 11.0. The monoisotopic (exact) mass is 284 g/mol. The van der Waals surface area contributed by atoms with E-state index in [0.29, 0.717) is 5.69 Å². The first-order chi connectivity index (χ1) is 10.2. The molecule has 0 radical (unpaired) electrons. The second-order valence-electron chi connectivity index (χ2n) is 4.87. The van der Waals surface area contributed by atoms with Crippen LogP contribution in [0.15, 0.2) is 36.7 Å². The van der Waals surface area contributed by atoms with Crippen LogP contribution in [0.5, 0.6) is 0 Å². The molecule has 0 atom stereocenters. The minimum absolute atomic E-state index is 0.237. The minimum Gasteiger partial charge on any atom is -0.478 e. The van der Waals surface area contributed by atoms with Crippen molar-refractivity contribution in [1.29, 1.82) is 0 Å². The maximum Gasteiger partial charge on any atom is 0.335 e. The third-order valence-electron chi connectivity index (χ3n) is 3.49. The van der Waals surface area contributed by atoms with Crippen LogP contribution in [0.2, 0.25) is 0 Å². The quantitative estimate of drug-likeness (QED) is 0.883. The van der Waals surface area contributed by atoms with E-state index in [4.69, 9.17) is 5.11 Å². The molecule has 6 heteroatoms. The molecule has 1 saturated heterocycles. The van der Waals surface area contributed by atoms with Gasteiger partial charge in [0.25, 0.3) is 0 Å². The summed E-state index contributed by atoms with van der Waals surface area (Å²) >= 11 is 0. The zero-order chi connectivity index (χ0) is 14.7. The molecule has 2 N–H and O–H groups in total. The van der Waals surface area contributed by atoms with Gasteiger partial charge in [0.05, 0.1) is 11.3 Å². The largest absolute Gasteiger partial charge is 0.478 e. The van der Waals surface area contributed by atoms with Crippen molar-refractivity contribution in [1.82, 2.24) is 15.3 Å². The van der Waals surface area contributed by atoms with Crippen LogP contribution in [0.4, 0.5) is 5.82 Å². The number of aromatic nitrogens is 2. The van der Waals surface area contributed by atoms with Crippen LogP contribution in [0.25, 0.3) is 11.3 Å². The summed E-state index contributed by atoms with van der Waals surface area (Å²) in [6.07, 6.45) is 3.26. The third-order valence-corrected chi connectivity index (χ3v) is 3.49. The smallest absolute Gasteiger partial charge is 0.335 e. The first kappa shape index (κ1) is 13.5. The molecular weight excluding hydrogens is 268 g/mol. The number of piperazine rings is 1. The molecule has 0 aliphatic carbocycles. The third kappa shape index (κ3) is 3.00. The number of hydrogen-bond donors (Lipinski definition) is 2. The van der Waals surface area contributed by atoms with Crippen molar-refractivity contribution in [2.75, 3.05) is 31.1 Å². The average molecular weight is 284 g/mol. The van der Waals surface area contributed by atoms with Crippen molar-refractivity contribution in [3.8, 4) is 11.3 Å². The highest BCUT2D eigenvalue weighted by Gasteiger charge is 2.13. The standard InChI is InChI=1S/C15H16N4O2/c20-15(21)12-2-3-17-13(9-12)11-1-4-18-14(10-11)19-7-5-16-6-8-19/h1-4,9-10,16H,5-8H2,(H,20,21). The van der Waals surface area contributed by atoms with Crippen molar-refractivity contribution in [3.63, 3.8) is 0 Å². The fourth-order valence-electron chi connectivity index (χ4n) is 2.37. The maximum absolute atomic E-state index is 11.0. The van der Waals surface area contributed by atoms with Gasteiger partial charge in [-0.05, 0) is 24.3 Å². The highest BCUT2D eigenvalue weighted by molar-refractivity contribution is 5.88. The van der Waals surface area contributed by atoms with Gasteiger partial charge < -0.3 is 15.3 Å². The van der Waals surface area contributed by atoms with Gasteiger partial charge in [-0.25, -0.2) is 9.78 Å². The van der Waals surface area contributed by atoms with Crippen LogP contribution in [-0.2, 0) is 0 Å². The van der Waals surface area contributed by atoms with Crippen molar-refractivity contribution >= 4 is 11.8 Å². The molecule has 2 aromatic heterocycles. The zero-order valence-electron chi connectivity index (χ0n) is 11.5. The van der Waals surface area contributed by atoms with Gasteiger partial charge in [-0.2, -0.15) is 0 Å². The Bertz CT molecular complexity index is 654. The van der Waals surface area contributed by atoms with Crippen molar-refractivity contribution in [3.05, 3.63) is 42.2 Å². The van der Waals surface area contributed by atoms with E-state index in [2.05, 4.69) is 20.2 Å². The number of carboxylic acids is 1. The van der Waals surface area contributed by atoms with E-state index in [-0.39, 0.29) is 5.56 Å². The molecule has 6 nitrogen and oxygen atoms in total. The molecule has 1 fully saturated rings. The van der Waals surface area contributed by atoms with Crippen LogP contribution in [0, 0.1) is 0 Å². The molecule has 3 heterocycles. The lowest BCUT2D eigenvalue weighted by Gasteiger charge is -2.28.